The molecule has 0 bridgehead atoms. The predicted molar refractivity (Wildman–Crippen MR) is 552 cm³/mol. The Bertz CT molecular complexity index is 5730. The Morgan fingerprint density at radius 1 is 0.362 bits per heavy atom. The molecular formula is C99H137F3N20O9S7. The fourth-order valence-electron chi connectivity index (χ4n) is 18.0. The third-order valence-electron chi connectivity index (χ3n) is 25.8. The van der Waals surface area contributed by atoms with Gasteiger partial charge in [0.25, 0.3) is 0 Å². The predicted octanol–water partition coefficient (Wildman–Crippen LogP) is 11.9. The molecule has 750 valence electrons. The molecule has 8 heterocycles. The van der Waals surface area contributed by atoms with Crippen molar-refractivity contribution in [3.8, 4) is 0 Å². The number of nitrogens with one attached hydrogen (secondary N) is 6. The summed E-state index contributed by atoms with van der Waals surface area (Å²) in [4.78, 5) is 67.7. The Hall–Kier alpha value is -8.11. The second-order valence-corrected chi connectivity index (χ2v) is 46.7. The average molecular weight is 2030 g/mol. The first-order chi connectivity index (χ1) is 66.4. The van der Waals surface area contributed by atoms with E-state index in [-0.39, 0.29) is 24.3 Å². The number of para-hydroxylation sites is 4. The lowest BCUT2D eigenvalue weighted by molar-refractivity contribution is -0.137. The molecule has 29 nitrogen and oxygen atoms in total. The van der Waals surface area contributed by atoms with Crippen molar-refractivity contribution in [1.29, 1.82) is 0 Å². The number of nitrogens with zero attached hydrogens (tertiary/aromatic N) is 13. The van der Waals surface area contributed by atoms with E-state index in [4.69, 9.17) is 5.73 Å². The van der Waals surface area contributed by atoms with E-state index in [1.54, 1.807) is 116 Å². The van der Waals surface area contributed by atoms with Gasteiger partial charge in [0, 0.05) is 219 Å². The number of amides is 3. The molecule has 4 fully saturated rings. The third-order valence-corrected chi connectivity index (χ3v) is 35.8. The molecule has 0 aliphatic carbocycles. The van der Waals surface area contributed by atoms with E-state index >= 15 is 0 Å². The molecule has 0 saturated carbocycles. The number of anilines is 8. The number of fused-ring (bicyclic) bond motifs is 8. The van der Waals surface area contributed by atoms with Gasteiger partial charge in [-0.1, -0.05) is 95.6 Å². The number of hydrogen-bond donors (Lipinski definition) is 7. The topological polar surface area (TPSA) is 294 Å². The van der Waals surface area contributed by atoms with Crippen molar-refractivity contribution >= 4 is 140 Å². The Morgan fingerprint density at radius 2 is 0.645 bits per heavy atom. The van der Waals surface area contributed by atoms with E-state index < -0.39 is 41.8 Å². The highest BCUT2D eigenvalue weighted by Crippen LogP contribution is 2.54. The quantitative estimate of drug-likeness (QED) is 0.0178. The summed E-state index contributed by atoms with van der Waals surface area (Å²) < 4.78 is 121. The Morgan fingerprint density at radius 3 is 0.964 bits per heavy atom. The maximum Gasteiger partial charge on any atom is 0.416 e. The molecule has 0 radical (unpaired) electrons. The number of halogens is 3. The van der Waals surface area contributed by atoms with Crippen LogP contribution < -0.4 is 57.2 Å². The van der Waals surface area contributed by atoms with Crippen LogP contribution in [0.15, 0.2) is 224 Å². The average Bonchev–Trinajstić information content (AvgIpc) is 0.822. The van der Waals surface area contributed by atoms with Crippen LogP contribution in [0.1, 0.15) is 56.9 Å². The maximum absolute atomic E-state index is 13.4. The summed E-state index contributed by atoms with van der Waals surface area (Å²) in [6.45, 7) is 25.7. The minimum Gasteiger partial charge on any atom is -0.355 e. The number of hydrogen-bond acceptors (Lipinski definition) is 27. The first-order valence-electron chi connectivity index (χ1n) is 47.8. The van der Waals surface area contributed by atoms with Gasteiger partial charge in [0.15, 0.2) is 0 Å². The number of piperazine rings is 3. The maximum atomic E-state index is 13.4. The van der Waals surface area contributed by atoms with Crippen LogP contribution in [-0.4, -0.2) is 338 Å². The van der Waals surface area contributed by atoms with E-state index in [9.17, 15) is 52.8 Å². The molecule has 3 amide bonds. The van der Waals surface area contributed by atoms with Gasteiger partial charge in [-0.3, -0.25) is 24.2 Å². The third kappa shape index (κ3) is 28.9. The molecule has 0 aromatic heterocycles. The Balaban J connectivity index is 0.000000156. The lowest BCUT2D eigenvalue weighted by atomic mass is 9.93. The normalized spacial score (nSPS) is 16.7. The van der Waals surface area contributed by atoms with Crippen LogP contribution in [0.25, 0.3) is 0 Å². The summed E-state index contributed by atoms with van der Waals surface area (Å²) in [6, 6.07) is 53.5. The van der Waals surface area contributed by atoms with Crippen LogP contribution in [-0.2, 0) is 50.6 Å². The highest BCUT2D eigenvalue weighted by atomic mass is 32.2. The molecule has 0 spiro atoms. The van der Waals surface area contributed by atoms with E-state index in [1.807, 2.05) is 84.9 Å². The van der Waals surface area contributed by atoms with Crippen LogP contribution in [0, 0.1) is 5.92 Å². The van der Waals surface area contributed by atoms with Gasteiger partial charge < -0.3 is 76.8 Å². The molecule has 4 saturated heterocycles. The monoisotopic (exact) mass is 2030 g/mol. The molecule has 39 heteroatoms. The lowest BCUT2D eigenvalue weighted by Crippen LogP contribution is -2.49. The highest BCUT2D eigenvalue weighted by molar-refractivity contribution is 8.00. The Kier molecular flexibility index (Phi) is 39.8. The van der Waals surface area contributed by atoms with Crippen molar-refractivity contribution in [3.63, 3.8) is 0 Å². The molecule has 8 aliphatic rings. The van der Waals surface area contributed by atoms with Crippen LogP contribution in [0.3, 0.4) is 0 Å². The smallest absolute Gasteiger partial charge is 0.355 e. The molecule has 8 aromatic rings. The number of sulfonamides is 3. The van der Waals surface area contributed by atoms with Crippen molar-refractivity contribution in [2.24, 2.45) is 11.7 Å². The summed E-state index contributed by atoms with van der Waals surface area (Å²) >= 11 is 6.62. The van der Waals surface area contributed by atoms with Gasteiger partial charge in [-0.2, -0.15) is 13.2 Å². The number of likely N-dealkylation sites (N-methyl/N-ethyl adjacent to an activating group) is 2. The SMILES string of the molecule is CN(C)S(=O)(=O)c1ccc2c(c1)N(CCCC1CCNCC1)c1ccccc1S2.CN(C)S(=O)(=O)c1ccc2c(c1)N(CCCN1CCN(CCNC(=O)CN)CC1)c1ccccc1S2.CNCC(=O)NCCCN1CCN(CCCN2c3ccccc3Sc3ccc(C(F)(F)F)cc32)CC1.CNCC(=O)NCCN1CCN(CCCN2c3ccccc3Sc3ccc(S(=O)(=O)N(C)C)cc32)CC1. The second kappa shape index (κ2) is 51.2. The fourth-order valence-corrected chi connectivity index (χ4v) is 25.1. The lowest BCUT2D eigenvalue weighted by Gasteiger charge is -2.36. The molecule has 8 aromatic carbocycles. The summed E-state index contributed by atoms with van der Waals surface area (Å²) in [7, 11) is 2.46. The molecular weight excluding hydrogens is 1890 g/mol. The van der Waals surface area contributed by atoms with Crippen LogP contribution >= 0.6 is 47.0 Å². The van der Waals surface area contributed by atoms with Crippen molar-refractivity contribution < 1.29 is 52.8 Å². The van der Waals surface area contributed by atoms with E-state index in [2.05, 4.69) is 129 Å². The van der Waals surface area contributed by atoms with E-state index in [0.29, 0.717) is 59.6 Å². The van der Waals surface area contributed by atoms with Crippen molar-refractivity contribution in [1.82, 2.24) is 74.2 Å². The standard InChI is InChI=1S/C26H34F3N5OS.C26H38N6O3S2.C25H36N6O3S2.C22H29N3O2S2/c1-30-19-25(35)31-10-4-11-32-14-16-33(17-15-32)12-5-13-34-21-6-2-3-7-23(21)36-24-9-8-20(18-22(24)34)26(27,28)29;1-27-20-26(33)28-11-14-31-17-15-30(16-18-31)12-6-13-32-22-7-4-5-8-24(22)36-25-10-9-21(19-23(25)32)37(34,35)29(2)3;1-28(2)36(33,34)20-8-9-24-22(18-20)31(21-6-3-4-7-23(21)35-24)12-5-11-29-14-16-30(17-15-29)13-10-27-25(32)19-26;1-24(2)29(26,27)18-9-10-22-20(16-18)25(19-7-3-4-8-21(19)28-22)15-5-6-17-11-13-23-14-12-17/h2-3,6-9,18,30H,4-5,10-17,19H2,1H3,(H,31,35);4-5,7-10,19,27H,6,11-18,20H2,1-3H3,(H,28,33);3-4,6-9,18H,5,10-17,19,26H2,1-2H3,(H,27,32);3-4,7-10,16-17,23H,5-6,11-15H2,1-2H3. The number of rotatable bonds is 37. The van der Waals surface area contributed by atoms with Crippen LogP contribution in [0.5, 0.6) is 0 Å². The fraction of sp³-hybridized carbons (Fsp3) is 0.485. The van der Waals surface area contributed by atoms with Crippen molar-refractivity contribution in [2.45, 2.75) is 111 Å². The zero-order valence-corrected chi connectivity index (χ0v) is 86.4. The first kappa shape index (κ1) is 107. The molecule has 0 atom stereocenters. The van der Waals surface area contributed by atoms with Crippen molar-refractivity contribution in [2.75, 3.05) is 272 Å². The number of alkyl halides is 3. The number of piperidine rings is 1. The number of nitrogens with two attached hydrogens (primary N) is 1. The van der Waals surface area contributed by atoms with Gasteiger partial charge in [-0.15, -0.1) is 0 Å². The molecule has 8 aliphatic heterocycles. The van der Waals surface area contributed by atoms with E-state index in [1.165, 1.54) is 76.4 Å². The van der Waals surface area contributed by atoms with Gasteiger partial charge in [0.05, 0.1) is 85.4 Å². The van der Waals surface area contributed by atoms with Crippen LogP contribution in [0.2, 0.25) is 0 Å². The summed E-state index contributed by atoms with van der Waals surface area (Å²) in [5.74, 6) is 0.742. The van der Waals surface area contributed by atoms with Gasteiger partial charge in [0.2, 0.25) is 47.8 Å². The number of carbonyl (C=O) groups excluding carboxylic acids is 3. The first-order valence-corrected chi connectivity index (χ1v) is 55.4. The second-order valence-electron chi connectivity index (χ2n) is 35.9. The van der Waals surface area contributed by atoms with Crippen molar-refractivity contribution in [3.05, 3.63) is 175 Å². The zero-order chi connectivity index (χ0) is 98.1. The minimum atomic E-state index is -4.36. The Labute approximate surface area is 832 Å². The minimum absolute atomic E-state index is 0.0227. The van der Waals surface area contributed by atoms with E-state index in [0.717, 1.165) is 247 Å². The van der Waals surface area contributed by atoms with Gasteiger partial charge in [-0.05, 0) is 232 Å². The molecule has 138 heavy (non-hydrogen) atoms. The van der Waals surface area contributed by atoms with Gasteiger partial charge in [0.1, 0.15) is 0 Å². The van der Waals surface area contributed by atoms with Gasteiger partial charge >= 0.3 is 6.18 Å². The number of benzene rings is 8. The van der Waals surface area contributed by atoms with Gasteiger partial charge in [-0.25, -0.2) is 38.2 Å². The van der Waals surface area contributed by atoms with Crippen LogP contribution in [0.4, 0.5) is 58.7 Å². The highest BCUT2D eigenvalue weighted by Gasteiger charge is 2.36. The zero-order valence-electron chi connectivity index (χ0n) is 80.7. The summed E-state index contributed by atoms with van der Waals surface area (Å²) in [5.41, 5.74) is 12.7. The largest absolute Gasteiger partial charge is 0.416 e. The molecule has 0 unspecified atom stereocenters. The summed E-state index contributed by atoms with van der Waals surface area (Å²) in [5, 5.41) is 17.8. The summed E-state index contributed by atoms with van der Waals surface area (Å²) in [6.07, 6.45) is 4.22. The molecule has 8 N–H and O–H groups in total. The number of carbonyl (C=O) groups is 3. The molecule has 16 rings (SSSR count).